The molecule has 2 aromatic carbocycles. The van der Waals surface area contributed by atoms with Crippen LogP contribution >= 0.6 is 34.5 Å². The second kappa shape index (κ2) is 6.31. The highest BCUT2D eigenvalue weighted by atomic mass is 35.5. The van der Waals surface area contributed by atoms with E-state index in [-0.39, 0.29) is 11.6 Å². The van der Waals surface area contributed by atoms with Crippen molar-refractivity contribution in [2.24, 2.45) is 0 Å². The van der Waals surface area contributed by atoms with Gasteiger partial charge in [-0.15, -0.1) is 11.3 Å². The summed E-state index contributed by atoms with van der Waals surface area (Å²) in [4.78, 5) is 0.701. The van der Waals surface area contributed by atoms with E-state index < -0.39 is 0 Å². The number of allylic oxidation sites excluding steroid dienone is 1. The third-order valence-electron chi connectivity index (χ3n) is 4.75. The van der Waals surface area contributed by atoms with Crippen LogP contribution < -0.4 is 0 Å². The van der Waals surface area contributed by atoms with E-state index in [1.165, 1.54) is 11.3 Å². The second-order valence-corrected chi connectivity index (χ2v) is 8.18. The minimum Gasteiger partial charge on any atom is -0.506 e. The average Bonchev–Trinajstić information content (AvgIpc) is 2.89. The Morgan fingerprint density at radius 1 is 1.16 bits per heavy atom. The smallest absolute Gasteiger partial charge is 0.135 e. The zero-order valence-electron chi connectivity index (χ0n) is 13.5. The molecule has 1 saturated carbocycles. The van der Waals surface area contributed by atoms with Crippen molar-refractivity contribution in [1.29, 1.82) is 0 Å². The zero-order valence-corrected chi connectivity index (χ0v) is 15.8. The Labute approximate surface area is 159 Å². The maximum atomic E-state index is 15.0. The van der Waals surface area contributed by atoms with Gasteiger partial charge in [0, 0.05) is 36.8 Å². The van der Waals surface area contributed by atoms with Gasteiger partial charge in [0.1, 0.15) is 11.6 Å². The Morgan fingerprint density at radius 3 is 2.60 bits per heavy atom. The quantitative estimate of drug-likeness (QED) is 0.441. The first-order chi connectivity index (χ1) is 12.0. The van der Waals surface area contributed by atoms with Crippen LogP contribution in [0.5, 0.6) is 0 Å². The lowest BCUT2D eigenvalue weighted by atomic mass is 9.89. The van der Waals surface area contributed by atoms with Gasteiger partial charge in [0.15, 0.2) is 0 Å². The molecule has 0 aliphatic heterocycles. The predicted octanol–water partition coefficient (Wildman–Crippen LogP) is 7.78. The van der Waals surface area contributed by atoms with Crippen LogP contribution in [0.25, 0.3) is 27.0 Å². The molecule has 1 fully saturated rings. The Bertz CT molecular complexity index is 1030. The van der Waals surface area contributed by atoms with E-state index in [1.54, 1.807) is 25.1 Å². The SMILES string of the molecule is Cc1c(Cl)ccc(-c2c(C(O)=C3CCC3)sc3cc(Cl)ccc23)c1F. The van der Waals surface area contributed by atoms with E-state index >= 15 is 0 Å². The summed E-state index contributed by atoms with van der Waals surface area (Å²) in [6.45, 7) is 1.66. The molecule has 1 aromatic heterocycles. The first kappa shape index (κ1) is 16.9. The van der Waals surface area contributed by atoms with Crippen molar-refractivity contribution in [3.8, 4) is 11.1 Å². The van der Waals surface area contributed by atoms with Crippen LogP contribution in [0.2, 0.25) is 10.0 Å². The summed E-state index contributed by atoms with van der Waals surface area (Å²) in [6.07, 6.45) is 2.87. The van der Waals surface area contributed by atoms with Crippen LogP contribution in [-0.2, 0) is 0 Å². The molecule has 1 aliphatic rings. The van der Waals surface area contributed by atoms with Gasteiger partial charge in [0.05, 0.1) is 4.88 Å². The van der Waals surface area contributed by atoms with Gasteiger partial charge in [-0.2, -0.15) is 0 Å². The van der Waals surface area contributed by atoms with E-state index in [4.69, 9.17) is 23.2 Å². The number of thiophene rings is 1. The highest BCUT2D eigenvalue weighted by Crippen LogP contribution is 2.46. The van der Waals surface area contributed by atoms with Crippen LogP contribution in [0.1, 0.15) is 29.7 Å². The summed E-state index contributed by atoms with van der Waals surface area (Å²) in [5.74, 6) is -0.0691. The molecule has 128 valence electrons. The van der Waals surface area contributed by atoms with Crippen LogP contribution in [-0.4, -0.2) is 5.11 Å². The molecule has 0 amide bonds. The van der Waals surface area contributed by atoms with Crippen LogP contribution in [0.3, 0.4) is 0 Å². The lowest BCUT2D eigenvalue weighted by Crippen LogP contribution is -2.01. The highest BCUT2D eigenvalue weighted by Gasteiger charge is 2.24. The lowest BCUT2D eigenvalue weighted by Gasteiger charge is -2.19. The molecule has 1 N–H and O–H groups in total. The maximum Gasteiger partial charge on any atom is 0.135 e. The second-order valence-electron chi connectivity index (χ2n) is 6.29. The normalized spacial score (nSPS) is 14.0. The number of fused-ring (bicyclic) bond motifs is 1. The number of aliphatic hydroxyl groups is 1. The number of rotatable bonds is 2. The molecule has 0 unspecified atom stereocenters. The molecule has 3 aromatic rings. The number of hydrogen-bond acceptors (Lipinski definition) is 2. The van der Waals surface area contributed by atoms with Crippen molar-refractivity contribution in [3.63, 3.8) is 0 Å². The summed E-state index contributed by atoms with van der Waals surface area (Å²) in [6, 6.07) is 8.91. The van der Waals surface area contributed by atoms with E-state index in [0.717, 1.165) is 34.9 Å². The monoisotopic (exact) mass is 392 g/mol. The van der Waals surface area contributed by atoms with E-state index in [9.17, 15) is 9.50 Å². The summed E-state index contributed by atoms with van der Waals surface area (Å²) < 4.78 is 15.9. The number of aliphatic hydroxyl groups excluding tert-OH is 1. The van der Waals surface area contributed by atoms with Crippen LogP contribution in [0.4, 0.5) is 4.39 Å². The average molecular weight is 393 g/mol. The molecule has 0 saturated heterocycles. The fourth-order valence-electron chi connectivity index (χ4n) is 3.11. The van der Waals surface area contributed by atoms with E-state index in [1.807, 2.05) is 12.1 Å². The standard InChI is InChI=1S/C20H15Cl2FOS/c1-10-15(22)8-7-14(18(10)23)17-13-6-5-12(21)9-16(13)25-20(17)19(24)11-3-2-4-11/h5-9,24H,2-4H2,1H3. The minimum atomic E-state index is -0.352. The molecule has 4 rings (SSSR count). The summed E-state index contributed by atoms with van der Waals surface area (Å²) >= 11 is 13.6. The fraction of sp³-hybridized carbons (Fsp3) is 0.200. The Balaban J connectivity index is 2.06. The number of benzene rings is 2. The Hall–Kier alpha value is -1.55. The molecular formula is C20H15Cl2FOS. The van der Waals surface area contributed by atoms with Crippen molar-refractivity contribution < 1.29 is 9.50 Å². The minimum absolute atomic E-state index is 0.283. The van der Waals surface area contributed by atoms with Crippen LogP contribution in [0.15, 0.2) is 35.9 Å². The topological polar surface area (TPSA) is 20.2 Å². The van der Waals surface area contributed by atoms with Gasteiger partial charge in [-0.1, -0.05) is 29.3 Å². The number of halogens is 3. The van der Waals surface area contributed by atoms with Crippen molar-refractivity contribution >= 4 is 50.4 Å². The summed E-state index contributed by atoms with van der Waals surface area (Å²) in [5.41, 5.74) is 2.61. The van der Waals surface area contributed by atoms with Gasteiger partial charge in [0.25, 0.3) is 0 Å². The molecule has 0 atom stereocenters. The van der Waals surface area contributed by atoms with Crippen LogP contribution in [0, 0.1) is 12.7 Å². The molecule has 0 bridgehead atoms. The van der Waals surface area contributed by atoms with Gasteiger partial charge in [-0.3, -0.25) is 0 Å². The predicted molar refractivity (Wildman–Crippen MR) is 105 cm³/mol. The zero-order chi connectivity index (χ0) is 17.7. The summed E-state index contributed by atoms with van der Waals surface area (Å²) in [5, 5.41) is 12.7. The third-order valence-corrected chi connectivity index (χ3v) is 6.55. The van der Waals surface area contributed by atoms with Gasteiger partial charge < -0.3 is 5.11 Å². The Morgan fingerprint density at radius 2 is 1.92 bits per heavy atom. The van der Waals surface area contributed by atoms with Gasteiger partial charge >= 0.3 is 0 Å². The summed E-state index contributed by atoms with van der Waals surface area (Å²) in [7, 11) is 0. The van der Waals surface area contributed by atoms with E-state index in [2.05, 4.69) is 0 Å². The van der Waals surface area contributed by atoms with Crippen molar-refractivity contribution in [1.82, 2.24) is 0 Å². The van der Waals surface area contributed by atoms with Gasteiger partial charge in [-0.05, 0) is 56.0 Å². The van der Waals surface area contributed by atoms with Crippen molar-refractivity contribution in [2.45, 2.75) is 26.2 Å². The molecule has 1 heterocycles. The largest absolute Gasteiger partial charge is 0.506 e. The first-order valence-corrected chi connectivity index (χ1v) is 9.63. The lowest BCUT2D eigenvalue weighted by molar-refractivity contribution is 0.488. The fourth-order valence-corrected chi connectivity index (χ4v) is 4.74. The van der Waals surface area contributed by atoms with Gasteiger partial charge in [0.2, 0.25) is 0 Å². The van der Waals surface area contributed by atoms with E-state index in [0.29, 0.717) is 31.6 Å². The molecule has 0 spiro atoms. The molecule has 5 heteroatoms. The molecule has 25 heavy (non-hydrogen) atoms. The molecule has 1 aliphatic carbocycles. The molecule has 0 radical (unpaired) electrons. The Kier molecular flexibility index (Phi) is 4.27. The first-order valence-electron chi connectivity index (χ1n) is 8.05. The molecule has 1 nitrogen and oxygen atoms in total. The third kappa shape index (κ3) is 2.75. The van der Waals surface area contributed by atoms with Crippen molar-refractivity contribution in [2.75, 3.05) is 0 Å². The highest BCUT2D eigenvalue weighted by molar-refractivity contribution is 7.20. The van der Waals surface area contributed by atoms with Gasteiger partial charge in [-0.25, -0.2) is 4.39 Å². The molecular weight excluding hydrogens is 378 g/mol. The number of hydrogen-bond donors (Lipinski definition) is 1. The van der Waals surface area contributed by atoms with Crippen molar-refractivity contribution in [3.05, 3.63) is 62.2 Å². The maximum absolute atomic E-state index is 15.0.